The Balaban J connectivity index is 1.58. The Bertz CT molecular complexity index is 766. The van der Waals surface area contributed by atoms with Crippen LogP contribution >= 0.6 is 23.1 Å². The summed E-state index contributed by atoms with van der Waals surface area (Å²) in [6, 6.07) is 8.37. The van der Waals surface area contributed by atoms with Crippen LogP contribution in [0.2, 0.25) is 0 Å². The van der Waals surface area contributed by atoms with Crippen molar-refractivity contribution < 1.29 is 4.42 Å². The molecule has 0 aliphatic heterocycles. The molecule has 8 heteroatoms. The second-order valence-electron chi connectivity index (χ2n) is 5.28. The summed E-state index contributed by atoms with van der Waals surface area (Å²) in [5.41, 5.74) is 2.33. The summed E-state index contributed by atoms with van der Waals surface area (Å²) in [6.07, 6.45) is 0. The number of anilines is 2. The molecular weight excluding hydrogens is 330 g/mol. The molecule has 6 nitrogen and oxygen atoms in total. The van der Waals surface area contributed by atoms with Crippen molar-refractivity contribution in [3.8, 4) is 0 Å². The zero-order valence-electron chi connectivity index (χ0n) is 13.1. The normalized spacial score (nSPS) is 11.1. The van der Waals surface area contributed by atoms with E-state index >= 15 is 0 Å². The van der Waals surface area contributed by atoms with Gasteiger partial charge in [-0.1, -0.05) is 49.1 Å². The van der Waals surface area contributed by atoms with Gasteiger partial charge in [0.05, 0.1) is 5.75 Å². The Kier molecular flexibility index (Phi) is 4.92. The fraction of sp³-hybridized carbons (Fsp3) is 0.333. The molecule has 0 aliphatic carbocycles. The highest BCUT2D eigenvalue weighted by atomic mass is 32.2. The summed E-state index contributed by atoms with van der Waals surface area (Å²) in [5, 5.41) is 20.1. The highest BCUT2D eigenvalue weighted by Crippen LogP contribution is 2.30. The molecule has 1 aromatic carbocycles. The zero-order chi connectivity index (χ0) is 16.2. The number of nitrogens with zero attached hydrogens (tertiary/aromatic N) is 4. The van der Waals surface area contributed by atoms with Gasteiger partial charge < -0.3 is 9.73 Å². The van der Waals surface area contributed by atoms with Gasteiger partial charge >= 0.3 is 0 Å². The molecule has 23 heavy (non-hydrogen) atoms. The Labute approximate surface area is 142 Å². The summed E-state index contributed by atoms with van der Waals surface area (Å²) >= 11 is 3.04. The molecule has 0 amide bonds. The SMILES string of the molecule is Cc1nnc(CSc2nnc(Nc3ccc(C(C)C)cc3)s2)o1. The summed E-state index contributed by atoms with van der Waals surface area (Å²) in [5.74, 6) is 2.30. The second kappa shape index (κ2) is 7.10. The molecule has 3 rings (SSSR count). The summed E-state index contributed by atoms with van der Waals surface area (Å²) in [6.45, 7) is 6.14. The van der Waals surface area contributed by atoms with Crippen molar-refractivity contribution in [3.05, 3.63) is 41.6 Å². The standard InChI is InChI=1S/C15H17N5OS2/c1-9(2)11-4-6-12(7-5-11)16-14-19-20-15(23-14)22-8-13-18-17-10(3)21-13/h4-7,9H,8H2,1-3H3,(H,16,19). The first-order valence-corrected chi connectivity index (χ1v) is 9.02. The van der Waals surface area contributed by atoms with E-state index in [2.05, 4.69) is 63.8 Å². The van der Waals surface area contributed by atoms with Crippen LogP contribution in [0, 0.1) is 6.92 Å². The lowest BCUT2D eigenvalue weighted by Gasteiger charge is -2.06. The van der Waals surface area contributed by atoms with E-state index in [1.807, 2.05) is 0 Å². The molecule has 3 aromatic rings. The van der Waals surface area contributed by atoms with Crippen molar-refractivity contribution in [3.63, 3.8) is 0 Å². The second-order valence-corrected chi connectivity index (χ2v) is 7.48. The lowest BCUT2D eigenvalue weighted by atomic mass is 10.0. The van der Waals surface area contributed by atoms with Crippen LogP contribution in [0.4, 0.5) is 10.8 Å². The maximum atomic E-state index is 5.34. The van der Waals surface area contributed by atoms with Crippen molar-refractivity contribution in [2.45, 2.75) is 36.8 Å². The van der Waals surface area contributed by atoms with E-state index in [4.69, 9.17) is 4.42 Å². The molecule has 0 fully saturated rings. The highest BCUT2D eigenvalue weighted by molar-refractivity contribution is 8.00. The lowest BCUT2D eigenvalue weighted by molar-refractivity contribution is 0.485. The van der Waals surface area contributed by atoms with Crippen molar-refractivity contribution >= 4 is 33.9 Å². The highest BCUT2D eigenvalue weighted by Gasteiger charge is 2.09. The Hall–Kier alpha value is -1.93. The van der Waals surface area contributed by atoms with Crippen LogP contribution in [0.5, 0.6) is 0 Å². The number of rotatable bonds is 6. The molecule has 0 unspecified atom stereocenters. The Morgan fingerprint density at radius 2 is 1.91 bits per heavy atom. The zero-order valence-corrected chi connectivity index (χ0v) is 14.7. The average molecular weight is 347 g/mol. The van der Waals surface area contributed by atoms with Gasteiger partial charge in [0.15, 0.2) is 4.34 Å². The summed E-state index contributed by atoms with van der Waals surface area (Å²) in [4.78, 5) is 0. The maximum Gasteiger partial charge on any atom is 0.226 e. The number of hydrogen-bond acceptors (Lipinski definition) is 8. The van der Waals surface area contributed by atoms with Gasteiger partial charge in [0.2, 0.25) is 16.9 Å². The Morgan fingerprint density at radius 1 is 1.13 bits per heavy atom. The number of nitrogens with one attached hydrogen (secondary N) is 1. The van der Waals surface area contributed by atoms with E-state index in [1.54, 1.807) is 6.92 Å². The number of hydrogen-bond donors (Lipinski definition) is 1. The molecule has 0 saturated carbocycles. The van der Waals surface area contributed by atoms with Gasteiger partial charge in [0.1, 0.15) is 0 Å². The van der Waals surface area contributed by atoms with E-state index in [1.165, 1.54) is 28.7 Å². The summed E-state index contributed by atoms with van der Waals surface area (Å²) in [7, 11) is 0. The number of aromatic nitrogens is 4. The van der Waals surface area contributed by atoms with Crippen LogP contribution in [0.25, 0.3) is 0 Å². The first kappa shape index (κ1) is 15.9. The van der Waals surface area contributed by atoms with Crippen LogP contribution in [-0.4, -0.2) is 20.4 Å². The molecule has 0 saturated heterocycles. The van der Waals surface area contributed by atoms with Gasteiger partial charge in [-0.2, -0.15) is 0 Å². The van der Waals surface area contributed by atoms with Crippen LogP contribution in [0.1, 0.15) is 37.1 Å². The van der Waals surface area contributed by atoms with Crippen molar-refractivity contribution in [2.24, 2.45) is 0 Å². The van der Waals surface area contributed by atoms with E-state index in [9.17, 15) is 0 Å². The molecule has 120 valence electrons. The smallest absolute Gasteiger partial charge is 0.226 e. The molecule has 2 aromatic heterocycles. The summed E-state index contributed by atoms with van der Waals surface area (Å²) < 4.78 is 6.20. The minimum absolute atomic E-state index is 0.530. The van der Waals surface area contributed by atoms with Crippen molar-refractivity contribution in [2.75, 3.05) is 5.32 Å². The maximum absolute atomic E-state index is 5.34. The average Bonchev–Trinajstić information content (AvgIpc) is 3.15. The first-order chi connectivity index (χ1) is 11.1. The lowest BCUT2D eigenvalue weighted by Crippen LogP contribution is -1.91. The largest absolute Gasteiger partial charge is 0.425 e. The number of thioether (sulfide) groups is 1. The molecule has 0 bridgehead atoms. The molecule has 0 spiro atoms. The van der Waals surface area contributed by atoms with Crippen LogP contribution in [0.3, 0.4) is 0 Å². The molecule has 1 N–H and O–H groups in total. The molecule has 0 atom stereocenters. The van der Waals surface area contributed by atoms with Gasteiger partial charge in [-0.3, -0.25) is 0 Å². The van der Waals surface area contributed by atoms with Crippen molar-refractivity contribution in [1.82, 2.24) is 20.4 Å². The van der Waals surface area contributed by atoms with Gasteiger partial charge in [-0.15, -0.1) is 20.4 Å². The van der Waals surface area contributed by atoms with Crippen LogP contribution < -0.4 is 5.32 Å². The molecular formula is C15H17N5OS2. The van der Waals surface area contributed by atoms with Gasteiger partial charge in [0, 0.05) is 12.6 Å². The van der Waals surface area contributed by atoms with Gasteiger partial charge in [-0.05, 0) is 23.6 Å². The Morgan fingerprint density at radius 3 is 2.57 bits per heavy atom. The van der Waals surface area contributed by atoms with Gasteiger partial charge in [0.25, 0.3) is 0 Å². The van der Waals surface area contributed by atoms with E-state index < -0.39 is 0 Å². The number of aryl methyl sites for hydroxylation is 1. The van der Waals surface area contributed by atoms with E-state index in [0.717, 1.165) is 15.2 Å². The van der Waals surface area contributed by atoms with Crippen molar-refractivity contribution in [1.29, 1.82) is 0 Å². The monoisotopic (exact) mass is 347 g/mol. The third-order valence-electron chi connectivity index (χ3n) is 3.12. The van der Waals surface area contributed by atoms with Gasteiger partial charge in [-0.25, -0.2) is 0 Å². The minimum atomic E-state index is 0.530. The van der Waals surface area contributed by atoms with Crippen LogP contribution in [0.15, 0.2) is 33.0 Å². The topological polar surface area (TPSA) is 76.7 Å². The third kappa shape index (κ3) is 4.29. The van der Waals surface area contributed by atoms with E-state index in [-0.39, 0.29) is 0 Å². The molecule has 2 heterocycles. The van der Waals surface area contributed by atoms with Crippen LogP contribution in [-0.2, 0) is 5.75 Å². The molecule has 0 radical (unpaired) electrons. The third-order valence-corrected chi connectivity index (χ3v) is 5.08. The van der Waals surface area contributed by atoms with E-state index in [0.29, 0.717) is 23.5 Å². The first-order valence-electron chi connectivity index (χ1n) is 7.22. The minimum Gasteiger partial charge on any atom is -0.425 e. The fourth-order valence-corrected chi connectivity index (χ4v) is 3.52. The number of benzene rings is 1. The predicted octanol–water partition coefficient (Wildman–Crippen LogP) is 4.39. The fourth-order valence-electron chi connectivity index (χ4n) is 1.91. The predicted molar refractivity (Wildman–Crippen MR) is 92.3 cm³/mol. The quantitative estimate of drug-likeness (QED) is 0.663. The molecule has 0 aliphatic rings.